The second kappa shape index (κ2) is 13.5. The number of alkyl carbamates (subject to hydrolysis) is 1. The molecule has 0 aliphatic heterocycles. The lowest BCUT2D eigenvalue weighted by Gasteiger charge is -2.19. The van der Waals surface area contributed by atoms with Gasteiger partial charge in [0, 0.05) is 30.9 Å². The number of amides is 1. The Kier molecular flexibility index (Phi) is 9.82. The van der Waals surface area contributed by atoms with Gasteiger partial charge in [-0.25, -0.2) is 13.9 Å². The summed E-state index contributed by atoms with van der Waals surface area (Å²) in [6.07, 6.45) is 0.950. The number of halogens is 1. The first-order chi connectivity index (χ1) is 21.1. The fourth-order valence-electron chi connectivity index (χ4n) is 4.80. The topological polar surface area (TPSA) is 132 Å². The van der Waals surface area contributed by atoms with Gasteiger partial charge in [-0.3, -0.25) is 19.9 Å². The first-order valence-electron chi connectivity index (χ1n) is 14.6. The van der Waals surface area contributed by atoms with Crippen LogP contribution in [0.25, 0.3) is 22.2 Å². The molecule has 0 unspecified atom stereocenters. The van der Waals surface area contributed by atoms with Gasteiger partial charge in [0.25, 0.3) is 11.1 Å². The van der Waals surface area contributed by atoms with Crippen molar-refractivity contribution < 1.29 is 13.9 Å². The van der Waals surface area contributed by atoms with Crippen molar-refractivity contribution in [3.8, 4) is 11.3 Å². The Balaban J connectivity index is 0.00000216. The first kappa shape index (κ1) is 31.9. The molecule has 4 aromatic rings. The monoisotopic (exact) mass is 603 g/mol. The van der Waals surface area contributed by atoms with E-state index in [1.807, 2.05) is 19.9 Å². The van der Waals surface area contributed by atoms with Gasteiger partial charge in [-0.05, 0) is 63.4 Å². The molecule has 0 bridgehead atoms. The molecule has 1 fully saturated rings. The summed E-state index contributed by atoms with van der Waals surface area (Å²) in [6.45, 7) is 9.30. The van der Waals surface area contributed by atoms with Gasteiger partial charge in [-0.15, -0.1) is 0 Å². The van der Waals surface area contributed by atoms with Crippen LogP contribution in [0, 0.1) is 19.7 Å². The molecule has 11 nitrogen and oxygen atoms in total. The average Bonchev–Trinajstić information content (AvgIpc) is 3.85. The van der Waals surface area contributed by atoms with Crippen LogP contribution in [-0.2, 0) is 11.8 Å². The zero-order valence-corrected chi connectivity index (χ0v) is 26.0. The zero-order chi connectivity index (χ0) is 32.1. The number of nitrogens with one attached hydrogen (secondary N) is 3. The van der Waals surface area contributed by atoms with Crippen molar-refractivity contribution in [3.05, 3.63) is 80.1 Å². The van der Waals surface area contributed by atoms with Crippen LogP contribution in [0.3, 0.4) is 0 Å². The second-order valence-corrected chi connectivity index (χ2v) is 10.1. The predicted octanol–water partition coefficient (Wildman–Crippen LogP) is 5.77. The van der Waals surface area contributed by atoms with Crippen LogP contribution < -0.4 is 27.1 Å². The largest absolute Gasteiger partial charge is 0.450 e. The number of anilines is 3. The number of guanidine groups is 1. The normalized spacial score (nSPS) is 12.8. The van der Waals surface area contributed by atoms with Crippen LogP contribution in [0.15, 0.2) is 57.0 Å². The van der Waals surface area contributed by atoms with Crippen LogP contribution >= 0.6 is 0 Å². The number of carbonyl (C=O) groups is 1. The summed E-state index contributed by atoms with van der Waals surface area (Å²) in [4.78, 5) is 43.4. The van der Waals surface area contributed by atoms with E-state index in [2.05, 4.69) is 20.9 Å². The number of rotatable bonds is 6. The number of fused-ring (bicyclic) bond motifs is 1. The quantitative estimate of drug-likeness (QED) is 0.188. The minimum atomic E-state index is -0.652. The number of ether oxygens (including phenoxy) is 1. The van der Waals surface area contributed by atoms with Crippen LogP contribution in [0.4, 0.5) is 26.2 Å². The molecule has 1 aliphatic rings. The standard InChI is InChI=1S/C30H32FN7O4.C2H6/c1-6-42-30(41)35-29(32-4)33-19-9-7-8-18(15-19)25-26-23(28(40)38(36-25)20-11-12-20)24(17(3)27(39)37(26)5)34-22-13-10-16(2)14-21(22)31;1-2/h7-10,13-15,20,34H,6,11-12H2,1-5H3,(H2,32,33,35,41);1-2H3. The molecule has 5 rings (SSSR count). The molecular weight excluding hydrogens is 565 g/mol. The van der Waals surface area contributed by atoms with Crippen molar-refractivity contribution in [3.63, 3.8) is 0 Å². The predicted molar refractivity (Wildman–Crippen MR) is 173 cm³/mol. The smallest absolute Gasteiger partial charge is 0.413 e. The summed E-state index contributed by atoms with van der Waals surface area (Å²) >= 11 is 0. The number of aromatic nitrogens is 3. The lowest BCUT2D eigenvalue weighted by molar-refractivity contribution is 0.158. The number of aliphatic imine (C=N–C) groups is 1. The Morgan fingerprint density at radius 2 is 1.84 bits per heavy atom. The van der Waals surface area contributed by atoms with Crippen molar-refractivity contribution in [2.75, 3.05) is 24.3 Å². The fourth-order valence-corrected chi connectivity index (χ4v) is 4.80. The molecule has 1 aliphatic carbocycles. The van der Waals surface area contributed by atoms with Crippen LogP contribution in [0.2, 0.25) is 0 Å². The number of nitrogens with zero attached hydrogens (tertiary/aromatic N) is 4. The molecule has 0 radical (unpaired) electrons. The summed E-state index contributed by atoms with van der Waals surface area (Å²) in [5.74, 6) is -0.329. The summed E-state index contributed by atoms with van der Waals surface area (Å²) in [7, 11) is 3.11. The maximum Gasteiger partial charge on any atom is 0.413 e. The van der Waals surface area contributed by atoms with Crippen molar-refractivity contribution >= 4 is 40.0 Å². The van der Waals surface area contributed by atoms with Gasteiger partial charge in [-0.1, -0.05) is 32.0 Å². The van der Waals surface area contributed by atoms with Gasteiger partial charge in [0.15, 0.2) is 0 Å². The molecule has 2 heterocycles. The molecule has 2 aromatic carbocycles. The highest BCUT2D eigenvalue weighted by Crippen LogP contribution is 2.37. The molecule has 0 spiro atoms. The van der Waals surface area contributed by atoms with E-state index < -0.39 is 11.9 Å². The minimum Gasteiger partial charge on any atom is -0.450 e. The fraction of sp³-hybridized carbons (Fsp3) is 0.344. The second-order valence-electron chi connectivity index (χ2n) is 10.1. The summed E-state index contributed by atoms with van der Waals surface area (Å²) in [5.41, 5.74) is 2.61. The van der Waals surface area contributed by atoms with E-state index in [0.29, 0.717) is 22.5 Å². The molecule has 1 saturated carbocycles. The third-order valence-corrected chi connectivity index (χ3v) is 7.07. The highest BCUT2D eigenvalue weighted by molar-refractivity contribution is 6.03. The molecule has 1 amide bonds. The van der Waals surface area contributed by atoms with Crippen molar-refractivity contribution in [1.82, 2.24) is 19.7 Å². The number of benzene rings is 2. The Morgan fingerprint density at radius 3 is 2.48 bits per heavy atom. The maximum absolute atomic E-state index is 14.9. The van der Waals surface area contributed by atoms with E-state index in [1.54, 1.807) is 58.2 Å². The molecule has 12 heteroatoms. The Hall–Kier alpha value is -5.00. The van der Waals surface area contributed by atoms with Crippen LogP contribution in [-0.4, -0.2) is 40.1 Å². The molecule has 44 heavy (non-hydrogen) atoms. The highest BCUT2D eigenvalue weighted by atomic mass is 19.1. The molecule has 0 atom stereocenters. The van der Waals surface area contributed by atoms with E-state index in [9.17, 15) is 18.8 Å². The van der Waals surface area contributed by atoms with Gasteiger partial charge in [0.2, 0.25) is 5.96 Å². The van der Waals surface area contributed by atoms with E-state index >= 15 is 0 Å². The third-order valence-electron chi connectivity index (χ3n) is 7.07. The molecule has 2 aromatic heterocycles. The van der Waals surface area contributed by atoms with Crippen molar-refractivity contribution in [2.24, 2.45) is 12.0 Å². The van der Waals surface area contributed by atoms with Crippen molar-refractivity contribution in [2.45, 2.75) is 53.5 Å². The Bertz CT molecular complexity index is 1860. The van der Waals surface area contributed by atoms with Gasteiger partial charge < -0.3 is 19.9 Å². The number of carbonyl (C=O) groups excluding carboxylic acids is 1. The molecular formula is C32H38FN7O4. The maximum atomic E-state index is 14.9. The molecule has 232 valence electrons. The van der Waals surface area contributed by atoms with Gasteiger partial charge in [0.1, 0.15) is 11.5 Å². The SMILES string of the molecule is CC.CCOC(=O)NC(=NC)Nc1cccc(-c2nn(C3CC3)c(=O)c3c(Nc4ccc(C)cc4F)c(C)c(=O)n(C)c23)c1. The number of aryl methyl sites for hydroxylation is 2. The average molecular weight is 604 g/mol. The number of pyridine rings is 1. The van der Waals surface area contributed by atoms with E-state index in [-0.39, 0.29) is 52.1 Å². The minimum absolute atomic E-state index is 0.0731. The summed E-state index contributed by atoms with van der Waals surface area (Å²) in [5, 5.41) is 13.6. The first-order valence-corrected chi connectivity index (χ1v) is 14.6. The summed E-state index contributed by atoms with van der Waals surface area (Å²) < 4.78 is 22.7. The Labute approximate surface area is 254 Å². The zero-order valence-electron chi connectivity index (χ0n) is 26.0. The van der Waals surface area contributed by atoms with Crippen LogP contribution in [0.5, 0.6) is 0 Å². The number of hydrogen-bond donors (Lipinski definition) is 3. The molecule has 3 N–H and O–H groups in total. The van der Waals surface area contributed by atoms with E-state index in [0.717, 1.165) is 18.4 Å². The number of hydrogen-bond acceptors (Lipinski definition) is 7. The third kappa shape index (κ3) is 6.48. The van der Waals surface area contributed by atoms with Crippen LogP contribution in [0.1, 0.15) is 50.8 Å². The lowest BCUT2D eigenvalue weighted by atomic mass is 10.0. The lowest BCUT2D eigenvalue weighted by Crippen LogP contribution is -2.36. The van der Waals surface area contributed by atoms with E-state index in [4.69, 9.17) is 9.84 Å². The van der Waals surface area contributed by atoms with Gasteiger partial charge >= 0.3 is 6.09 Å². The Morgan fingerprint density at radius 1 is 1.11 bits per heavy atom. The highest BCUT2D eigenvalue weighted by Gasteiger charge is 2.30. The van der Waals surface area contributed by atoms with Gasteiger partial charge in [0.05, 0.1) is 34.9 Å². The molecule has 0 saturated heterocycles. The summed E-state index contributed by atoms with van der Waals surface area (Å²) in [6, 6.07) is 11.8. The van der Waals surface area contributed by atoms with Gasteiger partial charge in [-0.2, -0.15) is 5.10 Å². The van der Waals surface area contributed by atoms with Crippen molar-refractivity contribution in [1.29, 1.82) is 0 Å². The van der Waals surface area contributed by atoms with E-state index in [1.165, 1.54) is 22.4 Å².